The van der Waals surface area contributed by atoms with Gasteiger partial charge in [0.05, 0.1) is 19.3 Å². The Labute approximate surface area is 176 Å². The van der Waals surface area contributed by atoms with Gasteiger partial charge in [-0.25, -0.2) is 4.68 Å². The number of methoxy groups -OCH3 is 1. The van der Waals surface area contributed by atoms with Gasteiger partial charge in [0.15, 0.2) is 0 Å². The van der Waals surface area contributed by atoms with E-state index in [4.69, 9.17) is 16.3 Å². The van der Waals surface area contributed by atoms with Gasteiger partial charge in [-0.05, 0) is 61.7 Å². The molecule has 0 bridgehead atoms. The molecule has 2 aromatic carbocycles. The predicted octanol–water partition coefficient (Wildman–Crippen LogP) is 5.17. The van der Waals surface area contributed by atoms with Gasteiger partial charge in [0.1, 0.15) is 10.9 Å². The lowest BCUT2D eigenvalue weighted by atomic mass is 10.1. The Morgan fingerprint density at radius 2 is 1.97 bits per heavy atom. The maximum absolute atomic E-state index is 12.4. The van der Waals surface area contributed by atoms with Crippen LogP contribution in [-0.4, -0.2) is 22.8 Å². The van der Waals surface area contributed by atoms with E-state index in [2.05, 4.69) is 10.4 Å². The molecule has 6 heteroatoms. The lowest BCUT2D eigenvalue weighted by molar-refractivity contribution is -0.111. The molecule has 0 aliphatic carbocycles. The van der Waals surface area contributed by atoms with Crippen molar-refractivity contribution in [2.75, 3.05) is 12.4 Å². The van der Waals surface area contributed by atoms with Crippen LogP contribution in [0.2, 0.25) is 5.15 Å². The predicted molar refractivity (Wildman–Crippen MR) is 118 cm³/mol. The number of benzene rings is 2. The average molecular weight is 410 g/mol. The minimum absolute atomic E-state index is 0.213. The first-order chi connectivity index (χ1) is 13.9. The molecule has 1 amide bonds. The number of halogens is 1. The van der Waals surface area contributed by atoms with E-state index >= 15 is 0 Å². The van der Waals surface area contributed by atoms with Crippen LogP contribution in [0.4, 0.5) is 5.69 Å². The zero-order valence-corrected chi connectivity index (χ0v) is 17.7. The topological polar surface area (TPSA) is 56.2 Å². The molecular formula is C23H24ClN3O2. The zero-order chi connectivity index (χ0) is 21.0. The van der Waals surface area contributed by atoms with Crippen molar-refractivity contribution in [3.05, 3.63) is 81.6 Å². The lowest BCUT2D eigenvalue weighted by Gasteiger charge is -2.08. The Hall–Kier alpha value is -3.05. The number of aromatic nitrogens is 2. The van der Waals surface area contributed by atoms with Crippen molar-refractivity contribution in [3.8, 4) is 5.75 Å². The van der Waals surface area contributed by atoms with Gasteiger partial charge in [-0.1, -0.05) is 35.9 Å². The molecule has 0 saturated carbocycles. The Kier molecular flexibility index (Phi) is 6.39. The standard InChI is InChI=1S/C23H24ClN3O2/c1-15-7-5-10-21(16(15)2)25-22(28)12-11-20-17(3)26-27(23(20)24)14-18-8-6-9-19(13-18)29-4/h5-13H,14H2,1-4H3,(H,25,28)/b12-11+. The van der Waals surface area contributed by atoms with Crippen molar-refractivity contribution in [2.45, 2.75) is 27.3 Å². The number of rotatable bonds is 6. The second-order valence-electron chi connectivity index (χ2n) is 6.87. The molecule has 5 nitrogen and oxygen atoms in total. The molecule has 0 atom stereocenters. The van der Waals surface area contributed by atoms with Crippen LogP contribution in [0.3, 0.4) is 0 Å². The van der Waals surface area contributed by atoms with Crippen LogP contribution < -0.4 is 10.1 Å². The van der Waals surface area contributed by atoms with Gasteiger partial charge in [0.25, 0.3) is 0 Å². The van der Waals surface area contributed by atoms with E-state index in [-0.39, 0.29) is 5.91 Å². The van der Waals surface area contributed by atoms with E-state index < -0.39 is 0 Å². The monoisotopic (exact) mass is 409 g/mol. The number of nitrogens with one attached hydrogen (secondary N) is 1. The van der Waals surface area contributed by atoms with Crippen molar-refractivity contribution in [2.24, 2.45) is 0 Å². The Morgan fingerprint density at radius 1 is 1.21 bits per heavy atom. The van der Waals surface area contributed by atoms with E-state index in [1.54, 1.807) is 17.9 Å². The smallest absolute Gasteiger partial charge is 0.248 e. The number of anilines is 1. The summed E-state index contributed by atoms with van der Waals surface area (Å²) in [6.45, 7) is 6.38. The number of nitrogens with zero attached hydrogens (tertiary/aromatic N) is 2. The van der Waals surface area contributed by atoms with Crippen LogP contribution in [-0.2, 0) is 11.3 Å². The highest BCUT2D eigenvalue weighted by molar-refractivity contribution is 6.31. The number of carbonyl (C=O) groups excluding carboxylic acids is 1. The van der Waals surface area contributed by atoms with Crippen molar-refractivity contribution in [3.63, 3.8) is 0 Å². The van der Waals surface area contributed by atoms with Crippen LogP contribution in [0, 0.1) is 20.8 Å². The summed E-state index contributed by atoms with van der Waals surface area (Å²) in [5.74, 6) is 0.570. The van der Waals surface area contributed by atoms with Gasteiger partial charge >= 0.3 is 0 Å². The van der Waals surface area contributed by atoms with E-state index in [9.17, 15) is 4.79 Å². The molecule has 3 rings (SSSR count). The number of hydrogen-bond acceptors (Lipinski definition) is 3. The fraction of sp³-hybridized carbons (Fsp3) is 0.217. The first kappa shape index (κ1) is 20.7. The van der Waals surface area contributed by atoms with Crippen molar-refractivity contribution >= 4 is 29.3 Å². The molecule has 1 N–H and O–H groups in total. The van der Waals surface area contributed by atoms with Crippen LogP contribution in [0.15, 0.2) is 48.5 Å². The van der Waals surface area contributed by atoms with Gasteiger partial charge < -0.3 is 10.1 Å². The third-order valence-electron chi connectivity index (χ3n) is 4.84. The highest BCUT2D eigenvalue weighted by Crippen LogP contribution is 2.24. The Bertz CT molecular complexity index is 1070. The van der Waals surface area contributed by atoms with Crippen LogP contribution >= 0.6 is 11.6 Å². The maximum Gasteiger partial charge on any atom is 0.248 e. The van der Waals surface area contributed by atoms with Gasteiger partial charge in [-0.15, -0.1) is 0 Å². The van der Waals surface area contributed by atoms with Gasteiger partial charge in [-0.3, -0.25) is 4.79 Å². The quantitative estimate of drug-likeness (QED) is 0.571. The van der Waals surface area contributed by atoms with Crippen molar-refractivity contribution in [1.29, 1.82) is 0 Å². The average Bonchev–Trinajstić information content (AvgIpc) is 2.96. The first-order valence-electron chi connectivity index (χ1n) is 9.30. The van der Waals surface area contributed by atoms with E-state index in [1.807, 2.05) is 63.2 Å². The summed E-state index contributed by atoms with van der Waals surface area (Å²) in [6.07, 6.45) is 3.18. The molecule has 29 heavy (non-hydrogen) atoms. The number of amides is 1. The summed E-state index contributed by atoms with van der Waals surface area (Å²) < 4.78 is 6.98. The third-order valence-corrected chi connectivity index (χ3v) is 5.24. The minimum atomic E-state index is -0.213. The largest absolute Gasteiger partial charge is 0.497 e. The number of ether oxygens (including phenoxy) is 1. The fourth-order valence-electron chi connectivity index (χ4n) is 3.02. The number of hydrogen-bond donors (Lipinski definition) is 1. The second-order valence-corrected chi connectivity index (χ2v) is 7.23. The van der Waals surface area contributed by atoms with Crippen LogP contribution in [0.25, 0.3) is 6.08 Å². The van der Waals surface area contributed by atoms with E-state index in [1.165, 1.54) is 6.08 Å². The molecule has 0 radical (unpaired) electrons. The highest BCUT2D eigenvalue weighted by Gasteiger charge is 2.12. The summed E-state index contributed by atoms with van der Waals surface area (Å²) in [6, 6.07) is 13.6. The van der Waals surface area contributed by atoms with Crippen molar-refractivity contribution in [1.82, 2.24) is 9.78 Å². The molecule has 0 aliphatic rings. The van der Waals surface area contributed by atoms with Gasteiger partial charge in [0, 0.05) is 17.3 Å². The fourth-order valence-corrected chi connectivity index (χ4v) is 3.32. The molecule has 3 aromatic rings. The molecule has 1 aromatic heterocycles. The molecule has 0 aliphatic heterocycles. The summed E-state index contributed by atoms with van der Waals surface area (Å²) >= 11 is 6.53. The normalized spacial score (nSPS) is 11.1. The maximum atomic E-state index is 12.4. The highest BCUT2D eigenvalue weighted by atomic mass is 35.5. The molecule has 0 spiro atoms. The number of carbonyl (C=O) groups is 1. The Morgan fingerprint density at radius 3 is 2.72 bits per heavy atom. The minimum Gasteiger partial charge on any atom is -0.497 e. The van der Waals surface area contributed by atoms with E-state index in [0.29, 0.717) is 11.7 Å². The summed E-state index contributed by atoms with van der Waals surface area (Å²) in [5.41, 5.74) is 5.49. The summed E-state index contributed by atoms with van der Waals surface area (Å²) in [4.78, 5) is 12.4. The molecule has 0 fully saturated rings. The second kappa shape index (κ2) is 8.97. The molecule has 150 valence electrons. The van der Waals surface area contributed by atoms with E-state index in [0.717, 1.165) is 39.4 Å². The molecule has 1 heterocycles. The van der Waals surface area contributed by atoms with Crippen molar-refractivity contribution < 1.29 is 9.53 Å². The zero-order valence-electron chi connectivity index (χ0n) is 17.0. The molecular weight excluding hydrogens is 386 g/mol. The van der Waals surface area contributed by atoms with Crippen LogP contribution in [0.5, 0.6) is 5.75 Å². The van der Waals surface area contributed by atoms with Gasteiger partial charge in [0.2, 0.25) is 5.91 Å². The number of aryl methyl sites for hydroxylation is 2. The SMILES string of the molecule is COc1cccc(Cn2nc(C)c(/C=C/C(=O)Nc3cccc(C)c3C)c2Cl)c1. The molecule has 0 unspecified atom stereocenters. The summed E-state index contributed by atoms with van der Waals surface area (Å²) in [7, 11) is 1.64. The van der Waals surface area contributed by atoms with Crippen LogP contribution in [0.1, 0.15) is 27.9 Å². The lowest BCUT2D eigenvalue weighted by Crippen LogP contribution is -2.09. The molecule has 0 saturated heterocycles. The Balaban J connectivity index is 1.75. The third kappa shape index (κ3) is 4.87. The summed E-state index contributed by atoms with van der Waals surface area (Å²) in [5, 5.41) is 7.91. The van der Waals surface area contributed by atoms with Gasteiger partial charge in [-0.2, -0.15) is 5.10 Å². The first-order valence-corrected chi connectivity index (χ1v) is 9.68.